The van der Waals surface area contributed by atoms with Gasteiger partial charge in [-0.25, -0.2) is 4.79 Å². The molecule has 0 unspecified atom stereocenters. The van der Waals surface area contributed by atoms with E-state index in [9.17, 15) is 14.7 Å². The molecule has 0 radical (unpaired) electrons. The van der Waals surface area contributed by atoms with Gasteiger partial charge >= 0.3 is 11.9 Å². The molecular weight excluding hydrogens is 258 g/mol. The molecule has 0 bridgehead atoms. The van der Waals surface area contributed by atoms with Gasteiger partial charge in [0.2, 0.25) is 5.60 Å². The van der Waals surface area contributed by atoms with Crippen LogP contribution in [0.5, 0.6) is 0 Å². The van der Waals surface area contributed by atoms with Crippen molar-refractivity contribution in [2.45, 2.75) is 31.9 Å². The zero-order chi connectivity index (χ0) is 14.6. The summed E-state index contributed by atoms with van der Waals surface area (Å²) in [7, 11) is 0. The first-order valence-corrected chi connectivity index (χ1v) is 6.71. The van der Waals surface area contributed by atoms with Crippen molar-refractivity contribution in [1.29, 1.82) is 0 Å². The van der Waals surface area contributed by atoms with Crippen LogP contribution in [0, 0.1) is 0 Å². The van der Waals surface area contributed by atoms with Crippen LogP contribution >= 0.6 is 0 Å². The van der Waals surface area contributed by atoms with E-state index in [0.29, 0.717) is 25.9 Å². The van der Waals surface area contributed by atoms with Gasteiger partial charge in [0.15, 0.2) is 0 Å². The van der Waals surface area contributed by atoms with E-state index < -0.39 is 17.5 Å². The molecule has 1 heterocycles. The monoisotopic (exact) mass is 277 g/mol. The molecule has 5 heteroatoms. The molecule has 0 atom stereocenters. The first-order valence-electron chi connectivity index (χ1n) is 6.71. The number of carboxylic acids is 1. The molecule has 0 aromatic heterocycles. The fourth-order valence-corrected chi connectivity index (χ4v) is 2.55. The van der Waals surface area contributed by atoms with E-state index in [4.69, 9.17) is 4.74 Å². The van der Waals surface area contributed by atoms with Crippen molar-refractivity contribution in [2.75, 3.05) is 13.1 Å². The molecule has 1 aromatic rings. The van der Waals surface area contributed by atoms with Crippen molar-refractivity contribution in [3.05, 3.63) is 35.9 Å². The number of carbonyl (C=O) groups excluding carboxylic acids is 1. The van der Waals surface area contributed by atoms with Crippen LogP contribution in [-0.4, -0.2) is 40.6 Å². The second-order valence-electron chi connectivity index (χ2n) is 5.15. The van der Waals surface area contributed by atoms with E-state index >= 15 is 0 Å². The average molecular weight is 277 g/mol. The minimum atomic E-state index is -1.35. The Kier molecular flexibility index (Phi) is 4.39. The highest BCUT2D eigenvalue weighted by Crippen LogP contribution is 2.28. The number of likely N-dealkylation sites (tertiary alicyclic amines) is 1. The molecule has 0 saturated carbocycles. The van der Waals surface area contributed by atoms with Crippen LogP contribution in [0.1, 0.15) is 25.3 Å². The van der Waals surface area contributed by atoms with E-state index in [1.165, 1.54) is 12.5 Å². The zero-order valence-corrected chi connectivity index (χ0v) is 11.5. The van der Waals surface area contributed by atoms with Crippen LogP contribution in [0.2, 0.25) is 0 Å². The van der Waals surface area contributed by atoms with Crippen LogP contribution in [0.3, 0.4) is 0 Å². The molecule has 108 valence electrons. The summed E-state index contributed by atoms with van der Waals surface area (Å²) in [5, 5.41) is 9.32. The molecule has 5 nitrogen and oxygen atoms in total. The lowest BCUT2D eigenvalue weighted by molar-refractivity contribution is -0.183. The molecule has 2 rings (SSSR count). The van der Waals surface area contributed by atoms with Crippen LogP contribution < -0.4 is 0 Å². The number of nitrogens with zero attached hydrogens (tertiary/aromatic N) is 1. The summed E-state index contributed by atoms with van der Waals surface area (Å²) in [5.41, 5.74) is -0.151. The van der Waals surface area contributed by atoms with Gasteiger partial charge in [-0.2, -0.15) is 0 Å². The maximum absolute atomic E-state index is 11.4. The third kappa shape index (κ3) is 3.36. The van der Waals surface area contributed by atoms with Crippen LogP contribution in [0.15, 0.2) is 30.3 Å². The van der Waals surface area contributed by atoms with E-state index in [2.05, 4.69) is 4.90 Å². The standard InChI is InChI=1S/C15H19NO4/c1-12(17)20-15(14(18)19)7-9-16(10-8-15)11-13-5-3-2-4-6-13/h2-6H,7-11H2,1H3,(H,18,19). The number of rotatable bonds is 4. The summed E-state index contributed by atoms with van der Waals surface area (Å²) < 4.78 is 5.07. The number of ether oxygens (including phenoxy) is 1. The van der Waals surface area contributed by atoms with Gasteiger partial charge in [-0.05, 0) is 5.56 Å². The highest BCUT2D eigenvalue weighted by molar-refractivity contribution is 5.81. The maximum Gasteiger partial charge on any atom is 0.348 e. The quantitative estimate of drug-likeness (QED) is 0.848. The summed E-state index contributed by atoms with van der Waals surface area (Å²) >= 11 is 0. The molecule has 1 saturated heterocycles. The van der Waals surface area contributed by atoms with Crippen molar-refractivity contribution in [1.82, 2.24) is 4.90 Å². The highest BCUT2D eigenvalue weighted by atomic mass is 16.6. The Balaban J connectivity index is 1.96. The van der Waals surface area contributed by atoms with Gasteiger partial charge in [0.05, 0.1) is 0 Å². The first kappa shape index (κ1) is 14.5. The van der Waals surface area contributed by atoms with Crippen LogP contribution in [0.25, 0.3) is 0 Å². The normalized spacial score (nSPS) is 18.4. The Labute approximate surface area is 118 Å². The number of piperidine rings is 1. The van der Waals surface area contributed by atoms with Crippen molar-refractivity contribution >= 4 is 11.9 Å². The van der Waals surface area contributed by atoms with E-state index in [0.717, 1.165) is 6.54 Å². The van der Waals surface area contributed by atoms with Gasteiger partial charge in [-0.1, -0.05) is 30.3 Å². The SMILES string of the molecule is CC(=O)OC1(C(=O)O)CCN(Cc2ccccc2)CC1. The van der Waals surface area contributed by atoms with Crippen LogP contribution in [-0.2, 0) is 20.9 Å². The fourth-order valence-electron chi connectivity index (χ4n) is 2.55. The maximum atomic E-state index is 11.4. The van der Waals surface area contributed by atoms with Gasteiger partial charge in [0.25, 0.3) is 0 Å². The summed E-state index contributed by atoms with van der Waals surface area (Å²) in [4.78, 5) is 24.7. The molecule has 1 aliphatic heterocycles. The molecule has 1 aliphatic rings. The second-order valence-corrected chi connectivity index (χ2v) is 5.15. The Hall–Kier alpha value is -1.88. The summed E-state index contributed by atoms with van der Waals surface area (Å²) in [6.07, 6.45) is 0.656. The zero-order valence-electron chi connectivity index (χ0n) is 11.5. The average Bonchev–Trinajstić information content (AvgIpc) is 2.41. The predicted octanol–water partition coefficient (Wildman–Crippen LogP) is 1.67. The molecular formula is C15H19NO4. The molecule has 1 aromatic carbocycles. The third-order valence-corrected chi connectivity index (χ3v) is 3.64. The van der Waals surface area contributed by atoms with Gasteiger partial charge < -0.3 is 9.84 Å². The Morgan fingerprint density at radius 2 is 1.85 bits per heavy atom. The first-order chi connectivity index (χ1) is 9.52. The number of hydrogen-bond donors (Lipinski definition) is 1. The lowest BCUT2D eigenvalue weighted by atomic mass is 9.91. The van der Waals surface area contributed by atoms with E-state index in [-0.39, 0.29) is 0 Å². The lowest BCUT2D eigenvalue weighted by Gasteiger charge is -2.38. The number of carbonyl (C=O) groups is 2. The van der Waals surface area contributed by atoms with Crippen LogP contribution in [0.4, 0.5) is 0 Å². The lowest BCUT2D eigenvalue weighted by Crippen LogP contribution is -2.51. The smallest absolute Gasteiger partial charge is 0.348 e. The van der Waals surface area contributed by atoms with Crippen molar-refractivity contribution in [3.63, 3.8) is 0 Å². The summed E-state index contributed by atoms with van der Waals surface area (Å²) in [5.74, 6) is -1.59. The third-order valence-electron chi connectivity index (χ3n) is 3.64. The predicted molar refractivity (Wildman–Crippen MR) is 73.1 cm³/mol. The molecule has 1 N–H and O–H groups in total. The molecule has 0 amide bonds. The highest BCUT2D eigenvalue weighted by Gasteiger charge is 2.44. The minimum Gasteiger partial charge on any atom is -0.478 e. The number of hydrogen-bond acceptors (Lipinski definition) is 4. The van der Waals surface area contributed by atoms with E-state index in [1.807, 2.05) is 30.3 Å². The molecule has 0 spiro atoms. The van der Waals surface area contributed by atoms with Gasteiger partial charge in [-0.15, -0.1) is 0 Å². The minimum absolute atomic E-state index is 0.328. The number of carboxylic acid groups (broad SMARTS) is 1. The Morgan fingerprint density at radius 1 is 1.25 bits per heavy atom. The van der Waals surface area contributed by atoms with Crippen molar-refractivity contribution in [3.8, 4) is 0 Å². The van der Waals surface area contributed by atoms with E-state index in [1.54, 1.807) is 0 Å². The van der Waals surface area contributed by atoms with Gasteiger partial charge in [0.1, 0.15) is 0 Å². The summed E-state index contributed by atoms with van der Waals surface area (Å²) in [6, 6.07) is 10.0. The fraction of sp³-hybridized carbons (Fsp3) is 0.467. The largest absolute Gasteiger partial charge is 0.478 e. The summed E-state index contributed by atoms with van der Waals surface area (Å²) in [6.45, 7) is 3.25. The number of aliphatic carboxylic acids is 1. The second kappa shape index (κ2) is 6.05. The molecule has 0 aliphatic carbocycles. The number of benzene rings is 1. The number of esters is 1. The Bertz CT molecular complexity index is 478. The van der Waals surface area contributed by atoms with Crippen molar-refractivity contribution in [2.24, 2.45) is 0 Å². The van der Waals surface area contributed by atoms with Crippen molar-refractivity contribution < 1.29 is 19.4 Å². The topological polar surface area (TPSA) is 66.8 Å². The molecule has 20 heavy (non-hydrogen) atoms. The van der Waals surface area contributed by atoms with Gasteiger partial charge in [0, 0.05) is 39.4 Å². The molecule has 1 fully saturated rings. The Morgan fingerprint density at radius 3 is 2.35 bits per heavy atom. The van der Waals surface area contributed by atoms with Gasteiger partial charge in [-0.3, -0.25) is 9.69 Å².